The second-order valence-corrected chi connectivity index (χ2v) is 7.55. The van der Waals surface area contributed by atoms with Gasteiger partial charge >= 0.3 is 0 Å². The van der Waals surface area contributed by atoms with Crippen molar-refractivity contribution in [2.75, 3.05) is 20.2 Å². The third kappa shape index (κ3) is 4.20. The summed E-state index contributed by atoms with van der Waals surface area (Å²) >= 11 is 0. The number of rotatable bonds is 6. The number of hydrogen-bond acceptors (Lipinski definition) is 3. The molecule has 3 aromatic carbocycles. The first-order valence-electron chi connectivity index (χ1n) is 10.0. The summed E-state index contributed by atoms with van der Waals surface area (Å²) in [7, 11) is 1.80. The highest BCUT2D eigenvalue weighted by Crippen LogP contribution is 2.19. The number of benzene rings is 3. The summed E-state index contributed by atoms with van der Waals surface area (Å²) in [5.41, 5.74) is 5.94. The second kappa shape index (κ2) is 8.41. The lowest BCUT2D eigenvalue weighted by atomic mass is 10.1. The van der Waals surface area contributed by atoms with Gasteiger partial charge in [0.05, 0.1) is 17.6 Å². The zero-order valence-corrected chi connectivity index (χ0v) is 17.5. The van der Waals surface area contributed by atoms with Gasteiger partial charge in [0.1, 0.15) is 18.7 Å². The van der Waals surface area contributed by atoms with Gasteiger partial charge in [-0.1, -0.05) is 18.2 Å². The number of amides is 1. The Kier molecular flexibility index (Phi) is 5.53. The van der Waals surface area contributed by atoms with Crippen LogP contribution in [-0.4, -0.2) is 40.6 Å². The Morgan fingerprint density at radius 2 is 1.70 bits per heavy atom. The normalized spacial score (nSPS) is 10.9. The fourth-order valence-corrected chi connectivity index (χ4v) is 3.57. The predicted octanol–water partition coefficient (Wildman–Crippen LogP) is 4.79. The molecule has 0 radical (unpaired) electrons. The minimum atomic E-state index is -0.0268. The largest absolute Gasteiger partial charge is 0.492 e. The molecule has 0 unspecified atom stereocenters. The lowest BCUT2D eigenvalue weighted by Gasteiger charge is -2.18. The van der Waals surface area contributed by atoms with Crippen LogP contribution in [0.2, 0.25) is 0 Å². The molecule has 5 heteroatoms. The molecule has 0 atom stereocenters. The lowest BCUT2D eigenvalue weighted by Crippen LogP contribution is -2.30. The summed E-state index contributed by atoms with van der Waals surface area (Å²) in [6, 6.07) is 21.7. The quantitative estimate of drug-likeness (QED) is 0.468. The number of aryl methyl sites for hydroxylation is 2. The van der Waals surface area contributed by atoms with E-state index >= 15 is 0 Å². The van der Waals surface area contributed by atoms with E-state index in [1.165, 1.54) is 11.1 Å². The summed E-state index contributed by atoms with van der Waals surface area (Å²) in [6.07, 6.45) is 1.80. The van der Waals surface area contributed by atoms with Crippen molar-refractivity contribution in [2.24, 2.45) is 0 Å². The average Bonchev–Trinajstić information content (AvgIpc) is 3.17. The van der Waals surface area contributed by atoms with E-state index in [0.29, 0.717) is 18.7 Å². The number of ether oxygens (including phenoxy) is 1. The number of nitrogens with zero attached hydrogens (tertiary/aromatic N) is 3. The smallest absolute Gasteiger partial charge is 0.253 e. The maximum Gasteiger partial charge on any atom is 0.253 e. The van der Waals surface area contributed by atoms with E-state index in [4.69, 9.17) is 4.74 Å². The van der Waals surface area contributed by atoms with E-state index < -0.39 is 0 Å². The predicted molar refractivity (Wildman–Crippen MR) is 119 cm³/mol. The number of para-hydroxylation sites is 2. The highest BCUT2D eigenvalue weighted by Gasteiger charge is 2.12. The van der Waals surface area contributed by atoms with E-state index in [1.54, 1.807) is 18.3 Å². The molecule has 1 heterocycles. The zero-order valence-electron chi connectivity index (χ0n) is 17.5. The Morgan fingerprint density at radius 1 is 1.00 bits per heavy atom. The molecule has 4 aromatic rings. The first-order valence-corrected chi connectivity index (χ1v) is 10.0. The van der Waals surface area contributed by atoms with Crippen molar-refractivity contribution >= 4 is 16.9 Å². The van der Waals surface area contributed by atoms with E-state index in [0.717, 1.165) is 22.5 Å². The molecule has 0 aliphatic heterocycles. The van der Waals surface area contributed by atoms with Gasteiger partial charge in [0.25, 0.3) is 5.91 Å². The summed E-state index contributed by atoms with van der Waals surface area (Å²) in [5, 5.41) is 0. The Labute approximate surface area is 176 Å². The molecule has 0 saturated carbocycles. The molecule has 4 rings (SSSR count). The van der Waals surface area contributed by atoms with Crippen molar-refractivity contribution < 1.29 is 9.53 Å². The van der Waals surface area contributed by atoms with E-state index in [9.17, 15) is 4.79 Å². The lowest BCUT2D eigenvalue weighted by molar-refractivity contribution is 0.0773. The van der Waals surface area contributed by atoms with Crippen LogP contribution in [0.4, 0.5) is 0 Å². The molecule has 0 bridgehead atoms. The second-order valence-electron chi connectivity index (χ2n) is 7.55. The number of carbonyl (C=O) groups is 1. The van der Waals surface area contributed by atoms with Gasteiger partial charge in [0.2, 0.25) is 0 Å². The summed E-state index contributed by atoms with van der Waals surface area (Å²) in [6.45, 7) is 5.06. The Bertz CT molecular complexity index is 1160. The van der Waals surface area contributed by atoms with E-state index in [2.05, 4.69) is 11.1 Å². The fraction of sp³-hybridized carbons (Fsp3) is 0.200. The molecule has 0 spiro atoms. The molecule has 0 fully saturated rings. The molecule has 152 valence electrons. The average molecular weight is 399 g/mol. The SMILES string of the molecule is Cc1cc(C)cc(OCCN(C)C(=O)c2ccc(-n3cnc4ccccc43)cc2)c1. The van der Waals surface area contributed by atoms with Crippen LogP contribution in [0.15, 0.2) is 73.1 Å². The third-order valence-corrected chi connectivity index (χ3v) is 5.08. The van der Waals surface area contributed by atoms with Crippen LogP contribution in [0.25, 0.3) is 16.7 Å². The van der Waals surface area contributed by atoms with Crippen molar-refractivity contribution in [3.05, 3.63) is 89.7 Å². The van der Waals surface area contributed by atoms with Gasteiger partial charge in [-0.3, -0.25) is 9.36 Å². The molecule has 30 heavy (non-hydrogen) atoms. The monoisotopic (exact) mass is 399 g/mol. The fourth-order valence-electron chi connectivity index (χ4n) is 3.57. The minimum Gasteiger partial charge on any atom is -0.492 e. The molecule has 1 aromatic heterocycles. The van der Waals surface area contributed by atoms with Crippen LogP contribution < -0.4 is 4.74 Å². The minimum absolute atomic E-state index is 0.0268. The van der Waals surface area contributed by atoms with Crippen molar-refractivity contribution in [1.29, 1.82) is 0 Å². The molecule has 5 nitrogen and oxygen atoms in total. The van der Waals surface area contributed by atoms with E-state index in [-0.39, 0.29) is 5.91 Å². The number of hydrogen-bond donors (Lipinski definition) is 0. The molecule has 0 aliphatic carbocycles. The van der Waals surface area contributed by atoms with Gasteiger partial charge < -0.3 is 9.64 Å². The third-order valence-electron chi connectivity index (χ3n) is 5.08. The number of imidazole rings is 1. The van der Waals surface area contributed by atoms with Crippen LogP contribution in [0.3, 0.4) is 0 Å². The van der Waals surface area contributed by atoms with Gasteiger partial charge in [-0.2, -0.15) is 0 Å². The van der Waals surface area contributed by atoms with Crippen LogP contribution in [-0.2, 0) is 0 Å². The molecule has 0 aliphatic rings. The van der Waals surface area contributed by atoms with Gasteiger partial charge in [-0.15, -0.1) is 0 Å². The number of fused-ring (bicyclic) bond motifs is 1. The zero-order chi connectivity index (χ0) is 21.1. The molecule has 0 N–H and O–H groups in total. The van der Waals surface area contributed by atoms with Gasteiger partial charge in [0, 0.05) is 18.3 Å². The number of carbonyl (C=O) groups excluding carboxylic acids is 1. The van der Waals surface area contributed by atoms with Crippen LogP contribution in [0.5, 0.6) is 5.75 Å². The summed E-state index contributed by atoms with van der Waals surface area (Å²) in [4.78, 5) is 18.9. The number of likely N-dealkylation sites (N-methyl/N-ethyl adjacent to an activating group) is 1. The van der Waals surface area contributed by atoms with Gasteiger partial charge in [-0.25, -0.2) is 4.98 Å². The van der Waals surface area contributed by atoms with Crippen molar-refractivity contribution in [3.8, 4) is 11.4 Å². The first-order chi connectivity index (χ1) is 14.5. The van der Waals surface area contributed by atoms with Crippen molar-refractivity contribution in [1.82, 2.24) is 14.5 Å². The Morgan fingerprint density at radius 3 is 2.43 bits per heavy atom. The molecule has 1 amide bonds. The summed E-state index contributed by atoms with van der Waals surface area (Å²) < 4.78 is 7.85. The molecular formula is C25H25N3O2. The molecule has 0 saturated heterocycles. The van der Waals surface area contributed by atoms with Gasteiger partial charge in [0.15, 0.2) is 0 Å². The maximum absolute atomic E-state index is 12.8. The first kappa shape index (κ1) is 19.7. The molecular weight excluding hydrogens is 374 g/mol. The number of aromatic nitrogens is 2. The highest BCUT2D eigenvalue weighted by molar-refractivity contribution is 5.94. The van der Waals surface area contributed by atoms with Crippen LogP contribution >= 0.6 is 0 Å². The van der Waals surface area contributed by atoms with Gasteiger partial charge in [-0.05, 0) is 73.5 Å². The standard InChI is InChI=1S/C25H25N3O2/c1-18-14-19(2)16-22(15-18)30-13-12-27(3)25(29)20-8-10-21(11-9-20)28-17-26-23-6-4-5-7-24(23)28/h4-11,14-17H,12-13H2,1-3H3. The van der Waals surface area contributed by atoms with E-state index in [1.807, 2.05) is 79.1 Å². The maximum atomic E-state index is 12.8. The van der Waals surface area contributed by atoms with Crippen LogP contribution in [0, 0.1) is 13.8 Å². The highest BCUT2D eigenvalue weighted by atomic mass is 16.5. The van der Waals surface area contributed by atoms with Crippen molar-refractivity contribution in [2.45, 2.75) is 13.8 Å². The van der Waals surface area contributed by atoms with Crippen molar-refractivity contribution in [3.63, 3.8) is 0 Å². The topological polar surface area (TPSA) is 47.4 Å². The Hall–Kier alpha value is -3.60. The van der Waals surface area contributed by atoms with Crippen LogP contribution in [0.1, 0.15) is 21.5 Å². The Balaban J connectivity index is 1.39. The summed E-state index contributed by atoms with van der Waals surface area (Å²) in [5.74, 6) is 0.811.